The van der Waals surface area contributed by atoms with E-state index in [1.54, 1.807) is 13.8 Å². The number of fused-ring (bicyclic) bond motifs is 4. The Balaban J connectivity index is 1.13. The molecule has 14 nitrogen and oxygen atoms in total. The minimum absolute atomic E-state index is 0.0224. The van der Waals surface area contributed by atoms with E-state index in [9.17, 15) is 34.5 Å². The minimum Gasteiger partial charge on any atom is -0.456 e. The molecular weight excluding hydrogens is 903 g/mol. The molecule has 71 heavy (non-hydrogen) atoms. The summed E-state index contributed by atoms with van der Waals surface area (Å²) in [7, 11) is 3.07. The summed E-state index contributed by atoms with van der Waals surface area (Å²) in [6.07, 6.45) is 5.95. The van der Waals surface area contributed by atoms with Gasteiger partial charge in [-0.1, -0.05) is 75.8 Å². The number of esters is 1. The van der Waals surface area contributed by atoms with Crippen LogP contribution in [0.5, 0.6) is 0 Å². The summed E-state index contributed by atoms with van der Waals surface area (Å²) in [5, 5.41) is 40.3. The molecule has 2 aromatic carbocycles. The Morgan fingerprint density at radius 1 is 0.901 bits per heavy atom. The number of aliphatic hydroxyl groups is 3. The lowest BCUT2D eigenvalue weighted by atomic mass is 9.81. The number of benzene rings is 2. The molecule has 14 unspecified atom stereocenters. The predicted octanol–water partition coefficient (Wildman–Crippen LogP) is 7.94. The first-order valence-corrected chi connectivity index (χ1v) is 26.1. The van der Waals surface area contributed by atoms with E-state index in [1.165, 1.54) is 24.7 Å². The second-order valence-corrected chi connectivity index (χ2v) is 21.3. The first-order chi connectivity index (χ1) is 33.9. The van der Waals surface area contributed by atoms with Crippen LogP contribution in [0.25, 0.3) is 10.9 Å². The number of allylic oxidation sites excluding steroid dienone is 3. The number of ether oxygens (including phenoxy) is 4. The highest BCUT2D eigenvalue weighted by Crippen LogP contribution is 2.39. The second-order valence-electron chi connectivity index (χ2n) is 21.3. The first kappa shape index (κ1) is 54.1. The van der Waals surface area contributed by atoms with Crippen LogP contribution in [0, 0.1) is 29.6 Å². The topological polar surface area (TPSA) is 186 Å². The lowest BCUT2D eigenvalue weighted by molar-refractivity contribution is -0.302. The maximum atomic E-state index is 14.6. The zero-order valence-corrected chi connectivity index (χ0v) is 43.1. The number of methoxy groups -OCH3 is 2. The SMILES string of the molecule is CCC1/C=C(\C)CC(C)CC(OC)C2OC(O)(C(=O)C(=O)N3CCCCC3C(=O)OC(C(C)=CC3CCC(Nc4ccc5c(ccn5Cc5ccccc5)c4)C(O)C3)C(C)C(O)CC1=O)C(C)CC2OC. The molecule has 14 atom stereocenters. The number of carbonyl (C=O) groups excluding carboxylic acids is 4. The molecule has 4 N–H and O–H groups in total. The van der Waals surface area contributed by atoms with Crippen LogP contribution in [-0.2, 0) is 44.7 Å². The first-order valence-electron chi connectivity index (χ1n) is 26.1. The van der Waals surface area contributed by atoms with Gasteiger partial charge >= 0.3 is 5.97 Å². The normalized spacial score (nSPS) is 35.3. The Kier molecular flexibility index (Phi) is 18.2. The lowest BCUT2D eigenvalue weighted by Gasteiger charge is -2.47. The van der Waals surface area contributed by atoms with Crippen LogP contribution in [0.4, 0.5) is 5.69 Å². The molecule has 1 saturated carbocycles. The summed E-state index contributed by atoms with van der Waals surface area (Å²) in [5.41, 5.74) is 4.91. The summed E-state index contributed by atoms with van der Waals surface area (Å²) in [4.78, 5) is 58.6. The second kappa shape index (κ2) is 23.9. The quantitative estimate of drug-likeness (QED) is 0.0923. The predicted molar refractivity (Wildman–Crippen MR) is 272 cm³/mol. The average Bonchev–Trinajstić information content (AvgIpc) is 3.75. The van der Waals surface area contributed by atoms with Crippen molar-refractivity contribution in [2.45, 2.75) is 173 Å². The van der Waals surface area contributed by atoms with Gasteiger partial charge in [0.2, 0.25) is 5.79 Å². The highest BCUT2D eigenvalue weighted by molar-refractivity contribution is 6.39. The van der Waals surface area contributed by atoms with E-state index in [4.69, 9.17) is 18.9 Å². The Hall–Kier alpha value is -4.70. The number of aliphatic hydroxyl groups excluding tert-OH is 2. The van der Waals surface area contributed by atoms with Gasteiger partial charge in [-0.3, -0.25) is 14.4 Å². The van der Waals surface area contributed by atoms with Crippen molar-refractivity contribution >= 4 is 40.0 Å². The number of anilines is 1. The van der Waals surface area contributed by atoms with E-state index in [1.807, 2.05) is 51.1 Å². The molecule has 4 heterocycles. The smallest absolute Gasteiger partial charge is 0.329 e. The van der Waals surface area contributed by atoms with Crippen LogP contribution in [0.1, 0.15) is 118 Å². The molecule has 2 bridgehead atoms. The number of ketones is 2. The van der Waals surface area contributed by atoms with Crippen LogP contribution in [0.15, 0.2) is 84.1 Å². The number of hydrogen-bond donors (Lipinski definition) is 4. The van der Waals surface area contributed by atoms with Crippen molar-refractivity contribution in [1.82, 2.24) is 9.47 Å². The molecule has 7 rings (SSSR count). The van der Waals surface area contributed by atoms with Crippen LogP contribution >= 0.6 is 0 Å². The third kappa shape index (κ3) is 12.6. The van der Waals surface area contributed by atoms with Crippen LogP contribution in [-0.4, -0.2) is 123 Å². The molecule has 1 aliphatic carbocycles. The lowest BCUT2D eigenvalue weighted by Crippen LogP contribution is -2.64. The molecule has 2 saturated heterocycles. The van der Waals surface area contributed by atoms with Gasteiger partial charge in [-0.15, -0.1) is 0 Å². The molecule has 3 aliphatic heterocycles. The van der Waals surface area contributed by atoms with E-state index in [-0.39, 0.29) is 49.5 Å². The van der Waals surface area contributed by atoms with Crippen LogP contribution in [0.2, 0.25) is 0 Å². The summed E-state index contributed by atoms with van der Waals surface area (Å²) in [6.45, 7) is 12.1. The summed E-state index contributed by atoms with van der Waals surface area (Å²) >= 11 is 0. The third-order valence-electron chi connectivity index (χ3n) is 16.0. The van der Waals surface area contributed by atoms with Gasteiger partial charge in [-0.25, -0.2) is 4.79 Å². The summed E-state index contributed by atoms with van der Waals surface area (Å²) in [5.74, 6) is -7.71. The van der Waals surface area contributed by atoms with E-state index in [0.29, 0.717) is 50.5 Å². The van der Waals surface area contributed by atoms with Gasteiger partial charge in [0.1, 0.15) is 24.0 Å². The van der Waals surface area contributed by atoms with E-state index in [0.717, 1.165) is 35.1 Å². The van der Waals surface area contributed by atoms with Crippen molar-refractivity contribution in [3.63, 3.8) is 0 Å². The number of aromatic nitrogens is 1. The zero-order valence-electron chi connectivity index (χ0n) is 43.1. The molecule has 0 spiro atoms. The molecule has 388 valence electrons. The standard InChI is InChI=1S/C57H79N3O11/c1-9-41-26-34(2)25-35(3)27-50(68-7)53-51(69-8)29-37(5)57(67,71-53)54(64)55(65)60-23-14-13-17-46(60)56(66)70-52(38(6)47(61)32-48(41)62)36(4)28-40-18-20-44(49(63)30-40)58-43-19-21-45-42(31-43)22-24-59(45)33-39-15-11-10-12-16-39/h10-12,15-16,19,21-22,24,26,28,31,35,37-38,40-41,44,46-47,49-53,58,61,63,67H,9,13-14,17-18,20,23,25,27,29-30,32-33H2,1-8H3/b34-26+,36-28?. The summed E-state index contributed by atoms with van der Waals surface area (Å²) in [6, 6.07) is 17.4. The maximum absolute atomic E-state index is 14.6. The van der Waals surface area contributed by atoms with Gasteiger partial charge in [0.05, 0.1) is 30.5 Å². The molecule has 0 radical (unpaired) electrons. The number of piperidine rings is 1. The fourth-order valence-electron chi connectivity index (χ4n) is 11.8. The number of nitrogens with zero attached hydrogens (tertiary/aromatic N) is 2. The molecular formula is C57H79N3O11. The van der Waals surface area contributed by atoms with Crippen molar-refractivity contribution in [3.05, 3.63) is 89.7 Å². The van der Waals surface area contributed by atoms with E-state index >= 15 is 0 Å². The molecule has 1 aromatic heterocycles. The number of hydrogen-bond acceptors (Lipinski definition) is 12. The fraction of sp³-hybridized carbons (Fsp3) is 0.614. The monoisotopic (exact) mass is 982 g/mol. The van der Waals surface area contributed by atoms with Crippen molar-refractivity contribution in [2.24, 2.45) is 29.6 Å². The maximum Gasteiger partial charge on any atom is 0.329 e. The van der Waals surface area contributed by atoms with Crippen molar-refractivity contribution in [2.75, 3.05) is 26.1 Å². The Bertz CT molecular complexity index is 2380. The number of Topliss-reactive ketones (excluding diaryl/α,β-unsaturated/α-hetero) is 2. The molecule has 14 heteroatoms. The largest absolute Gasteiger partial charge is 0.456 e. The van der Waals surface area contributed by atoms with Gasteiger partial charge in [0.15, 0.2) is 0 Å². The van der Waals surface area contributed by atoms with Crippen molar-refractivity contribution in [1.29, 1.82) is 0 Å². The average molecular weight is 982 g/mol. The fourth-order valence-corrected chi connectivity index (χ4v) is 11.8. The van der Waals surface area contributed by atoms with Gasteiger partial charge in [-0.05, 0) is 125 Å². The Morgan fingerprint density at radius 3 is 2.34 bits per heavy atom. The van der Waals surface area contributed by atoms with E-state index < -0.39 is 83.9 Å². The minimum atomic E-state index is -2.52. The van der Waals surface area contributed by atoms with Crippen molar-refractivity contribution < 1.29 is 53.4 Å². The van der Waals surface area contributed by atoms with Gasteiger partial charge in [0, 0.05) is 74.3 Å². The number of rotatable bonds is 9. The molecule has 3 aromatic rings. The van der Waals surface area contributed by atoms with Gasteiger partial charge < -0.3 is 49.1 Å². The molecule has 4 aliphatic rings. The number of nitrogens with one attached hydrogen (secondary N) is 1. The molecule has 1 amide bonds. The Labute approximate surface area is 420 Å². The van der Waals surface area contributed by atoms with Gasteiger partial charge in [-0.2, -0.15) is 0 Å². The Morgan fingerprint density at radius 2 is 1.63 bits per heavy atom. The number of carbonyl (C=O) groups is 4. The molecule has 3 fully saturated rings. The zero-order chi connectivity index (χ0) is 51.1. The number of amides is 1. The third-order valence-corrected chi connectivity index (χ3v) is 16.0. The highest BCUT2D eigenvalue weighted by atomic mass is 16.7. The van der Waals surface area contributed by atoms with E-state index in [2.05, 4.69) is 59.4 Å². The number of cyclic esters (lactones) is 1. The highest BCUT2D eigenvalue weighted by Gasteiger charge is 2.56. The summed E-state index contributed by atoms with van der Waals surface area (Å²) < 4.78 is 26.7. The van der Waals surface area contributed by atoms with Crippen molar-refractivity contribution in [3.8, 4) is 0 Å². The van der Waals surface area contributed by atoms with Crippen LogP contribution < -0.4 is 5.32 Å². The van der Waals surface area contributed by atoms with Crippen LogP contribution in [0.3, 0.4) is 0 Å². The van der Waals surface area contributed by atoms with Gasteiger partial charge in [0.25, 0.3) is 11.7 Å².